The Kier molecular flexibility index (Phi) is 5.66. The number of rotatable bonds is 5. The zero-order chi connectivity index (χ0) is 21.2. The van der Waals surface area contributed by atoms with Crippen LogP contribution in [-0.2, 0) is 11.3 Å². The molecule has 2 aliphatic heterocycles. The van der Waals surface area contributed by atoms with Gasteiger partial charge in [0.25, 0.3) is 5.56 Å². The van der Waals surface area contributed by atoms with Crippen molar-refractivity contribution in [3.63, 3.8) is 0 Å². The van der Waals surface area contributed by atoms with Crippen LogP contribution in [0.5, 0.6) is 11.5 Å². The molecule has 1 saturated heterocycles. The number of fused-ring (bicyclic) bond motifs is 1. The Balaban J connectivity index is 1.31. The number of carbonyl (C=O) groups is 1. The molecular formula is C24H29N3O4. The molecule has 7 nitrogen and oxygen atoms in total. The van der Waals surface area contributed by atoms with Gasteiger partial charge >= 0.3 is 0 Å². The Morgan fingerprint density at radius 2 is 1.84 bits per heavy atom. The van der Waals surface area contributed by atoms with Crippen molar-refractivity contribution in [3.05, 3.63) is 40.7 Å². The van der Waals surface area contributed by atoms with Crippen LogP contribution in [0, 0.1) is 5.92 Å². The third-order valence-corrected chi connectivity index (χ3v) is 6.80. The van der Waals surface area contributed by atoms with Gasteiger partial charge in [-0.1, -0.05) is 19.3 Å². The maximum absolute atomic E-state index is 13.0. The van der Waals surface area contributed by atoms with E-state index in [0.717, 1.165) is 30.7 Å². The van der Waals surface area contributed by atoms with E-state index in [1.165, 1.54) is 36.8 Å². The van der Waals surface area contributed by atoms with Crippen LogP contribution in [0.1, 0.15) is 51.4 Å². The fourth-order valence-corrected chi connectivity index (χ4v) is 5.10. The van der Waals surface area contributed by atoms with Crippen LogP contribution in [0.15, 0.2) is 35.1 Å². The summed E-state index contributed by atoms with van der Waals surface area (Å²) in [4.78, 5) is 27.5. The summed E-state index contributed by atoms with van der Waals surface area (Å²) in [5.74, 6) is 2.18. The summed E-state index contributed by atoms with van der Waals surface area (Å²) in [7, 11) is 0. The molecule has 3 aliphatic rings. The van der Waals surface area contributed by atoms with E-state index in [1.807, 2.05) is 23.1 Å². The molecule has 1 aliphatic carbocycles. The Bertz CT molecular complexity index is 1010. The van der Waals surface area contributed by atoms with Gasteiger partial charge < -0.3 is 14.4 Å². The first kappa shape index (κ1) is 20.1. The molecule has 1 atom stereocenters. The minimum atomic E-state index is -0.143. The van der Waals surface area contributed by atoms with E-state index < -0.39 is 0 Å². The van der Waals surface area contributed by atoms with E-state index in [0.29, 0.717) is 30.3 Å². The molecule has 2 fully saturated rings. The van der Waals surface area contributed by atoms with Crippen molar-refractivity contribution >= 4 is 5.91 Å². The first-order valence-corrected chi connectivity index (χ1v) is 11.4. The number of ether oxygens (including phenoxy) is 2. The average Bonchev–Trinajstić information content (AvgIpc) is 3.45. The quantitative estimate of drug-likeness (QED) is 0.735. The zero-order valence-corrected chi connectivity index (χ0v) is 17.8. The predicted molar refractivity (Wildman–Crippen MR) is 116 cm³/mol. The minimum absolute atomic E-state index is 0.0355. The summed E-state index contributed by atoms with van der Waals surface area (Å²) < 4.78 is 12.3. The lowest BCUT2D eigenvalue weighted by atomic mass is 9.86. The number of amides is 1. The van der Waals surface area contributed by atoms with Crippen molar-refractivity contribution in [3.8, 4) is 22.8 Å². The largest absolute Gasteiger partial charge is 0.454 e. The Labute approximate surface area is 182 Å². The lowest BCUT2D eigenvalue weighted by Crippen LogP contribution is -2.41. The third kappa shape index (κ3) is 4.31. The fraction of sp³-hybridized carbons (Fsp3) is 0.542. The number of likely N-dealkylation sites (tertiary alicyclic amines) is 1. The molecule has 1 aromatic heterocycles. The van der Waals surface area contributed by atoms with E-state index in [9.17, 15) is 9.59 Å². The van der Waals surface area contributed by atoms with Crippen LogP contribution in [0.3, 0.4) is 0 Å². The molecule has 3 heterocycles. The Hall–Kier alpha value is -2.83. The second-order valence-electron chi connectivity index (χ2n) is 8.90. The van der Waals surface area contributed by atoms with Crippen molar-refractivity contribution in [2.24, 2.45) is 5.92 Å². The minimum Gasteiger partial charge on any atom is -0.454 e. The van der Waals surface area contributed by atoms with Crippen LogP contribution in [0.2, 0.25) is 0 Å². The number of hydrogen-bond acceptors (Lipinski definition) is 5. The topological polar surface area (TPSA) is 73.7 Å². The number of aromatic nitrogens is 2. The van der Waals surface area contributed by atoms with Gasteiger partial charge in [-0.15, -0.1) is 0 Å². The van der Waals surface area contributed by atoms with Gasteiger partial charge in [-0.3, -0.25) is 9.59 Å². The summed E-state index contributed by atoms with van der Waals surface area (Å²) in [6.45, 7) is 1.44. The fourth-order valence-electron chi connectivity index (χ4n) is 5.10. The lowest BCUT2D eigenvalue weighted by molar-refractivity contribution is -0.133. The van der Waals surface area contributed by atoms with Gasteiger partial charge in [0.05, 0.1) is 18.3 Å². The van der Waals surface area contributed by atoms with E-state index in [4.69, 9.17) is 9.47 Å². The molecule has 0 bridgehead atoms. The van der Waals surface area contributed by atoms with Gasteiger partial charge in [0.2, 0.25) is 12.7 Å². The highest BCUT2D eigenvalue weighted by atomic mass is 16.7. The molecule has 0 N–H and O–H groups in total. The van der Waals surface area contributed by atoms with Gasteiger partial charge in [-0.05, 0) is 55.9 Å². The second kappa shape index (κ2) is 8.73. The lowest BCUT2D eigenvalue weighted by Gasteiger charge is -2.28. The SMILES string of the molecule is O=C(CC1CCCCC1)N1CCC[C@H]1Cn1nc(-c2ccc3c(c2)OCO3)ccc1=O. The molecule has 31 heavy (non-hydrogen) atoms. The Morgan fingerprint density at radius 3 is 2.71 bits per heavy atom. The molecule has 2 aromatic rings. The van der Waals surface area contributed by atoms with Gasteiger partial charge in [0, 0.05) is 24.6 Å². The molecule has 1 amide bonds. The number of carbonyl (C=O) groups excluding carboxylic acids is 1. The molecular weight excluding hydrogens is 394 g/mol. The smallest absolute Gasteiger partial charge is 0.266 e. The van der Waals surface area contributed by atoms with E-state index >= 15 is 0 Å². The number of nitrogens with zero attached hydrogens (tertiary/aromatic N) is 3. The summed E-state index contributed by atoms with van der Waals surface area (Å²) in [5, 5.41) is 4.61. The van der Waals surface area contributed by atoms with E-state index in [2.05, 4.69) is 5.10 Å². The van der Waals surface area contributed by atoms with Crippen LogP contribution in [0.25, 0.3) is 11.3 Å². The summed E-state index contributed by atoms with van der Waals surface area (Å²) in [6.07, 6.45) is 8.67. The maximum Gasteiger partial charge on any atom is 0.266 e. The average molecular weight is 424 g/mol. The van der Waals surface area contributed by atoms with Crippen molar-refractivity contribution in [1.29, 1.82) is 0 Å². The van der Waals surface area contributed by atoms with Crippen LogP contribution in [0.4, 0.5) is 0 Å². The highest BCUT2D eigenvalue weighted by molar-refractivity contribution is 5.77. The van der Waals surface area contributed by atoms with E-state index in [1.54, 1.807) is 12.1 Å². The molecule has 0 radical (unpaired) electrons. The zero-order valence-electron chi connectivity index (χ0n) is 17.8. The number of hydrogen-bond donors (Lipinski definition) is 0. The number of benzene rings is 1. The maximum atomic E-state index is 13.0. The van der Waals surface area contributed by atoms with Crippen molar-refractivity contribution < 1.29 is 14.3 Å². The van der Waals surface area contributed by atoms with E-state index in [-0.39, 0.29) is 24.3 Å². The van der Waals surface area contributed by atoms with Crippen LogP contribution in [-0.4, -0.2) is 40.0 Å². The normalized spacial score (nSPS) is 20.9. The van der Waals surface area contributed by atoms with Gasteiger partial charge in [0.1, 0.15) is 0 Å². The van der Waals surface area contributed by atoms with Crippen molar-refractivity contribution in [2.75, 3.05) is 13.3 Å². The highest BCUT2D eigenvalue weighted by Crippen LogP contribution is 2.35. The molecule has 0 spiro atoms. The first-order valence-electron chi connectivity index (χ1n) is 11.4. The summed E-state index contributed by atoms with van der Waals surface area (Å²) >= 11 is 0. The van der Waals surface area contributed by atoms with Gasteiger partial charge in [-0.25, -0.2) is 4.68 Å². The predicted octanol–water partition coefficient (Wildman–Crippen LogP) is 3.60. The standard InChI is InChI=1S/C24H29N3O4/c28-23-11-9-20(18-8-10-21-22(14-18)31-16-30-21)25-27(23)15-19-7-4-12-26(19)24(29)13-17-5-2-1-3-6-17/h8-11,14,17,19H,1-7,12-13,15-16H2/t19-/m0/s1. The van der Waals surface area contributed by atoms with Crippen molar-refractivity contribution in [1.82, 2.24) is 14.7 Å². The van der Waals surface area contributed by atoms with Crippen LogP contribution < -0.4 is 15.0 Å². The second-order valence-corrected chi connectivity index (χ2v) is 8.90. The van der Waals surface area contributed by atoms with Crippen LogP contribution >= 0.6 is 0 Å². The first-order chi connectivity index (χ1) is 15.2. The highest BCUT2D eigenvalue weighted by Gasteiger charge is 2.31. The molecule has 1 saturated carbocycles. The molecule has 5 rings (SSSR count). The third-order valence-electron chi connectivity index (χ3n) is 6.80. The van der Waals surface area contributed by atoms with Crippen molar-refractivity contribution in [2.45, 2.75) is 64.0 Å². The molecule has 7 heteroatoms. The van der Waals surface area contributed by atoms with Gasteiger partial charge in [0.15, 0.2) is 11.5 Å². The summed E-state index contributed by atoms with van der Waals surface area (Å²) in [5.41, 5.74) is 1.43. The van der Waals surface area contributed by atoms with Gasteiger partial charge in [-0.2, -0.15) is 5.10 Å². The molecule has 0 unspecified atom stereocenters. The molecule has 164 valence electrons. The summed E-state index contributed by atoms with van der Waals surface area (Å²) in [6, 6.07) is 8.98. The Morgan fingerprint density at radius 1 is 1.00 bits per heavy atom. The molecule has 1 aromatic carbocycles. The monoisotopic (exact) mass is 423 g/mol.